The Labute approximate surface area is 142 Å². The van der Waals surface area contributed by atoms with E-state index in [0.29, 0.717) is 6.04 Å². The Morgan fingerprint density at radius 3 is 2.79 bits per heavy atom. The number of rotatable bonds is 3. The van der Waals surface area contributed by atoms with Gasteiger partial charge in [0.2, 0.25) is 0 Å². The van der Waals surface area contributed by atoms with Crippen molar-refractivity contribution in [2.75, 3.05) is 13.6 Å². The molecule has 3 heteroatoms. The molecular weight excluding hydrogens is 299 g/mol. The molecule has 1 atom stereocenters. The minimum atomic E-state index is -0.151. The lowest BCUT2D eigenvalue weighted by Crippen LogP contribution is -2.31. The molecule has 0 saturated carbocycles. The van der Waals surface area contributed by atoms with Gasteiger partial charge in [0.1, 0.15) is 5.82 Å². The quantitative estimate of drug-likeness (QED) is 0.685. The van der Waals surface area contributed by atoms with Crippen molar-refractivity contribution in [3.8, 4) is 0 Å². The van der Waals surface area contributed by atoms with Crippen molar-refractivity contribution in [3.05, 3.63) is 71.2 Å². The zero-order valence-electron chi connectivity index (χ0n) is 14.3. The standard InChI is InChI=1S/C21H23FN2/c1-15-21-18-8-3-4-9-19(18)24(20(21)11-12-23(15)2)13-10-16-6-5-7-17(22)14-16/h3-9,14-15H,10-13H2,1-2H3. The van der Waals surface area contributed by atoms with Crippen LogP contribution in [0.1, 0.15) is 29.8 Å². The molecule has 0 saturated heterocycles. The second-order valence-electron chi connectivity index (χ2n) is 6.82. The minimum Gasteiger partial charge on any atom is -0.344 e. The molecule has 4 rings (SSSR count). The van der Waals surface area contributed by atoms with Crippen molar-refractivity contribution in [1.29, 1.82) is 0 Å². The number of benzene rings is 2. The summed E-state index contributed by atoms with van der Waals surface area (Å²) >= 11 is 0. The van der Waals surface area contributed by atoms with Crippen LogP contribution in [-0.4, -0.2) is 23.1 Å². The highest BCUT2D eigenvalue weighted by molar-refractivity contribution is 5.86. The van der Waals surface area contributed by atoms with Crippen molar-refractivity contribution < 1.29 is 4.39 Å². The smallest absolute Gasteiger partial charge is 0.123 e. The molecule has 0 radical (unpaired) electrons. The summed E-state index contributed by atoms with van der Waals surface area (Å²) in [6.07, 6.45) is 1.93. The molecule has 2 heterocycles. The second kappa shape index (κ2) is 6.06. The molecule has 1 aromatic heterocycles. The van der Waals surface area contributed by atoms with E-state index < -0.39 is 0 Å². The lowest BCUT2D eigenvalue weighted by molar-refractivity contribution is 0.245. The number of nitrogens with zero attached hydrogens (tertiary/aromatic N) is 2. The largest absolute Gasteiger partial charge is 0.344 e. The van der Waals surface area contributed by atoms with Crippen LogP contribution in [0.3, 0.4) is 0 Å². The number of hydrogen-bond acceptors (Lipinski definition) is 1. The fourth-order valence-corrected chi connectivity index (χ4v) is 4.00. The number of aryl methyl sites for hydroxylation is 2. The molecule has 124 valence electrons. The summed E-state index contributed by atoms with van der Waals surface area (Å²) in [5.41, 5.74) is 5.29. The molecule has 1 aliphatic heterocycles. The first kappa shape index (κ1) is 15.4. The molecule has 0 fully saturated rings. The molecule has 0 amide bonds. The monoisotopic (exact) mass is 322 g/mol. The predicted molar refractivity (Wildman–Crippen MR) is 96.8 cm³/mol. The van der Waals surface area contributed by atoms with Crippen LogP contribution in [0.15, 0.2) is 48.5 Å². The predicted octanol–water partition coefficient (Wildman–Crippen LogP) is 4.57. The van der Waals surface area contributed by atoms with E-state index in [4.69, 9.17) is 0 Å². The Morgan fingerprint density at radius 1 is 1.12 bits per heavy atom. The maximum atomic E-state index is 13.4. The van der Waals surface area contributed by atoms with E-state index in [1.54, 1.807) is 12.1 Å². The highest BCUT2D eigenvalue weighted by Crippen LogP contribution is 2.37. The Morgan fingerprint density at radius 2 is 1.96 bits per heavy atom. The van der Waals surface area contributed by atoms with Crippen LogP contribution in [0.25, 0.3) is 10.9 Å². The summed E-state index contributed by atoms with van der Waals surface area (Å²) in [5, 5.41) is 1.37. The fraction of sp³-hybridized carbons (Fsp3) is 0.333. The molecule has 0 spiro atoms. The number of halogens is 1. The maximum absolute atomic E-state index is 13.4. The Kier molecular flexibility index (Phi) is 3.89. The van der Waals surface area contributed by atoms with Crippen LogP contribution in [0, 0.1) is 5.82 Å². The average molecular weight is 322 g/mol. The lowest BCUT2D eigenvalue weighted by Gasteiger charge is -2.31. The molecule has 2 nitrogen and oxygen atoms in total. The van der Waals surface area contributed by atoms with Crippen molar-refractivity contribution in [3.63, 3.8) is 0 Å². The van der Waals surface area contributed by atoms with E-state index >= 15 is 0 Å². The van der Waals surface area contributed by atoms with Gasteiger partial charge in [0.25, 0.3) is 0 Å². The normalized spacial score (nSPS) is 18.0. The van der Waals surface area contributed by atoms with Crippen molar-refractivity contribution >= 4 is 10.9 Å². The number of hydrogen-bond donors (Lipinski definition) is 0. The van der Waals surface area contributed by atoms with Crippen LogP contribution < -0.4 is 0 Å². The van der Waals surface area contributed by atoms with E-state index in [1.807, 2.05) is 6.07 Å². The summed E-state index contributed by atoms with van der Waals surface area (Å²) in [6, 6.07) is 16.1. The van der Waals surface area contributed by atoms with Gasteiger partial charge in [-0.2, -0.15) is 0 Å². The molecule has 1 aliphatic rings. The van der Waals surface area contributed by atoms with Crippen molar-refractivity contribution in [2.24, 2.45) is 0 Å². The van der Waals surface area contributed by atoms with Gasteiger partial charge < -0.3 is 4.57 Å². The zero-order valence-corrected chi connectivity index (χ0v) is 14.3. The number of likely N-dealkylation sites (N-methyl/N-ethyl adjacent to an activating group) is 1. The van der Waals surface area contributed by atoms with Gasteiger partial charge in [-0.05, 0) is 49.7 Å². The van der Waals surface area contributed by atoms with Crippen LogP contribution in [0.4, 0.5) is 4.39 Å². The molecule has 0 N–H and O–H groups in total. The van der Waals surface area contributed by atoms with Crippen LogP contribution in [0.2, 0.25) is 0 Å². The summed E-state index contributed by atoms with van der Waals surface area (Å²) in [5.74, 6) is -0.151. The zero-order chi connectivity index (χ0) is 16.7. The van der Waals surface area contributed by atoms with Crippen LogP contribution >= 0.6 is 0 Å². The van der Waals surface area contributed by atoms with Gasteiger partial charge in [0.15, 0.2) is 0 Å². The first-order valence-electron chi connectivity index (χ1n) is 8.70. The van der Waals surface area contributed by atoms with Gasteiger partial charge in [-0.3, -0.25) is 4.90 Å². The first-order chi connectivity index (χ1) is 11.6. The minimum absolute atomic E-state index is 0.151. The van der Waals surface area contributed by atoms with Crippen LogP contribution in [0.5, 0.6) is 0 Å². The van der Waals surface area contributed by atoms with Crippen LogP contribution in [-0.2, 0) is 19.4 Å². The lowest BCUT2D eigenvalue weighted by atomic mass is 9.97. The Hall–Kier alpha value is -2.13. The van der Waals surface area contributed by atoms with Gasteiger partial charge in [0, 0.05) is 42.1 Å². The third-order valence-electron chi connectivity index (χ3n) is 5.42. The Bertz CT molecular complexity index is 881. The summed E-state index contributed by atoms with van der Waals surface area (Å²) < 4.78 is 15.9. The molecule has 0 aliphatic carbocycles. The average Bonchev–Trinajstić information content (AvgIpc) is 2.91. The van der Waals surface area contributed by atoms with E-state index in [9.17, 15) is 4.39 Å². The second-order valence-corrected chi connectivity index (χ2v) is 6.82. The van der Waals surface area contributed by atoms with Gasteiger partial charge in [-0.1, -0.05) is 30.3 Å². The van der Waals surface area contributed by atoms with Gasteiger partial charge in [0.05, 0.1) is 0 Å². The van der Waals surface area contributed by atoms with E-state index in [2.05, 4.69) is 47.7 Å². The highest BCUT2D eigenvalue weighted by Gasteiger charge is 2.27. The summed E-state index contributed by atoms with van der Waals surface area (Å²) in [4.78, 5) is 2.42. The molecule has 2 aromatic carbocycles. The molecule has 1 unspecified atom stereocenters. The van der Waals surface area contributed by atoms with Crippen molar-refractivity contribution in [1.82, 2.24) is 9.47 Å². The number of aromatic nitrogens is 1. The molecule has 0 bridgehead atoms. The SMILES string of the molecule is CC1c2c(n(CCc3cccc(F)c3)c3ccccc23)CCN1C. The third kappa shape index (κ3) is 2.53. The van der Waals surface area contributed by atoms with E-state index in [0.717, 1.165) is 31.5 Å². The maximum Gasteiger partial charge on any atom is 0.123 e. The molecule has 3 aromatic rings. The number of fused-ring (bicyclic) bond motifs is 3. The van der Waals surface area contributed by atoms with E-state index in [1.165, 1.54) is 28.2 Å². The van der Waals surface area contributed by atoms with Gasteiger partial charge in [-0.25, -0.2) is 4.39 Å². The third-order valence-corrected chi connectivity index (χ3v) is 5.42. The highest BCUT2D eigenvalue weighted by atomic mass is 19.1. The molecular formula is C21H23FN2. The van der Waals surface area contributed by atoms with E-state index in [-0.39, 0.29) is 5.82 Å². The summed E-state index contributed by atoms with van der Waals surface area (Å²) in [7, 11) is 2.20. The number of para-hydroxylation sites is 1. The Balaban J connectivity index is 1.75. The van der Waals surface area contributed by atoms with Gasteiger partial charge >= 0.3 is 0 Å². The topological polar surface area (TPSA) is 8.17 Å². The fourth-order valence-electron chi connectivity index (χ4n) is 4.00. The molecule has 24 heavy (non-hydrogen) atoms. The van der Waals surface area contributed by atoms with Crippen molar-refractivity contribution in [2.45, 2.75) is 32.4 Å². The van der Waals surface area contributed by atoms with Gasteiger partial charge in [-0.15, -0.1) is 0 Å². The first-order valence-corrected chi connectivity index (χ1v) is 8.70. The summed E-state index contributed by atoms with van der Waals surface area (Å²) in [6.45, 7) is 4.28.